The van der Waals surface area contributed by atoms with E-state index < -0.39 is 0 Å². The number of carbonyl (C=O) groups is 2. The molecule has 3 aromatic carbocycles. The molecule has 0 aliphatic heterocycles. The minimum Gasteiger partial charge on any atom is -0.348 e. The van der Waals surface area contributed by atoms with Crippen LogP contribution in [-0.4, -0.2) is 17.6 Å². The first-order chi connectivity index (χ1) is 14.5. The van der Waals surface area contributed by atoms with Gasteiger partial charge in [0.25, 0.3) is 5.91 Å². The van der Waals surface area contributed by atoms with Gasteiger partial charge in [0.15, 0.2) is 0 Å². The van der Waals surface area contributed by atoms with Crippen molar-refractivity contribution in [3.63, 3.8) is 0 Å². The predicted molar refractivity (Wildman–Crippen MR) is 115 cm³/mol. The van der Waals surface area contributed by atoms with E-state index in [1.807, 2.05) is 6.07 Å². The highest BCUT2D eigenvalue weighted by Crippen LogP contribution is 2.23. The van der Waals surface area contributed by atoms with E-state index >= 15 is 0 Å². The monoisotopic (exact) mass is 419 g/mol. The van der Waals surface area contributed by atoms with Crippen LogP contribution in [0.5, 0.6) is 0 Å². The number of anilines is 1. The van der Waals surface area contributed by atoms with Crippen molar-refractivity contribution in [2.75, 3.05) is 11.1 Å². The molecule has 0 saturated heterocycles. The van der Waals surface area contributed by atoms with Gasteiger partial charge in [-0.05, 0) is 48.0 Å². The van der Waals surface area contributed by atoms with Crippen LogP contribution in [0.2, 0.25) is 0 Å². The van der Waals surface area contributed by atoms with Crippen LogP contribution < -0.4 is 10.6 Å². The first kappa shape index (κ1) is 21.1. The van der Waals surface area contributed by atoms with Crippen molar-refractivity contribution in [2.45, 2.75) is 11.4 Å². The number of amides is 2. The van der Waals surface area contributed by atoms with E-state index in [-0.39, 0.29) is 29.9 Å². The summed E-state index contributed by atoms with van der Waals surface area (Å²) >= 11 is 1.25. The molecular weight excluding hydrogens is 401 g/mol. The first-order valence-electron chi connectivity index (χ1n) is 9.09. The Hall–Kier alpha value is -3.63. The van der Waals surface area contributed by atoms with Gasteiger partial charge in [0, 0.05) is 17.1 Å². The zero-order valence-corrected chi connectivity index (χ0v) is 16.7. The van der Waals surface area contributed by atoms with Crippen LogP contribution in [-0.2, 0) is 11.3 Å². The quantitative estimate of drug-likeness (QED) is 0.558. The maximum absolute atomic E-state index is 13.0. The van der Waals surface area contributed by atoms with E-state index in [0.717, 1.165) is 5.56 Å². The Balaban J connectivity index is 1.59. The van der Waals surface area contributed by atoms with E-state index in [1.54, 1.807) is 60.7 Å². The molecule has 0 atom stereocenters. The second-order valence-electron chi connectivity index (χ2n) is 6.33. The summed E-state index contributed by atoms with van der Waals surface area (Å²) in [6, 6.07) is 21.6. The van der Waals surface area contributed by atoms with E-state index in [9.17, 15) is 14.0 Å². The van der Waals surface area contributed by atoms with Crippen LogP contribution in [0.15, 0.2) is 77.7 Å². The van der Waals surface area contributed by atoms with Gasteiger partial charge in [-0.25, -0.2) is 4.39 Å². The fourth-order valence-corrected chi connectivity index (χ4v) is 3.52. The lowest BCUT2D eigenvalue weighted by atomic mass is 10.2. The first-order valence-corrected chi connectivity index (χ1v) is 10.1. The molecule has 0 fully saturated rings. The molecule has 0 radical (unpaired) electrons. The number of rotatable bonds is 7. The summed E-state index contributed by atoms with van der Waals surface area (Å²) in [5, 5.41) is 14.5. The minimum absolute atomic E-state index is 0.110. The summed E-state index contributed by atoms with van der Waals surface area (Å²) in [5.41, 5.74) is 2.26. The standard InChI is InChI=1S/C23H18FN3O2S/c24-18-10-8-16(9-11-18)14-26-23(29)20-6-1-2-7-21(20)30-15-22(28)27-19-5-3-4-17(12-19)13-25/h1-12H,14-15H2,(H,26,29)(H,27,28). The minimum atomic E-state index is -0.329. The van der Waals surface area contributed by atoms with Crippen molar-refractivity contribution in [2.24, 2.45) is 0 Å². The molecular formula is C23H18FN3O2S. The molecule has 3 rings (SSSR count). The number of nitrogens with zero attached hydrogens (tertiary/aromatic N) is 1. The number of nitrogens with one attached hydrogen (secondary N) is 2. The summed E-state index contributed by atoms with van der Waals surface area (Å²) < 4.78 is 13.0. The van der Waals surface area contributed by atoms with Gasteiger partial charge in [0.1, 0.15) is 5.82 Å². The summed E-state index contributed by atoms with van der Waals surface area (Å²) in [6.45, 7) is 0.272. The molecule has 0 aromatic heterocycles. The zero-order chi connectivity index (χ0) is 21.3. The van der Waals surface area contributed by atoms with Crippen molar-refractivity contribution in [3.8, 4) is 6.07 Å². The topological polar surface area (TPSA) is 82.0 Å². The maximum Gasteiger partial charge on any atom is 0.252 e. The molecule has 3 aromatic rings. The van der Waals surface area contributed by atoms with Gasteiger partial charge in [-0.15, -0.1) is 11.8 Å². The summed E-state index contributed by atoms with van der Waals surface area (Å²) in [5.74, 6) is -0.732. The fraction of sp³-hybridized carbons (Fsp3) is 0.0870. The Morgan fingerprint density at radius 3 is 2.53 bits per heavy atom. The molecule has 5 nitrogen and oxygen atoms in total. The fourth-order valence-electron chi connectivity index (χ4n) is 2.67. The average molecular weight is 419 g/mol. The number of thioether (sulfide) groups is 1. The molecule has 0 heterocycles. The Bertz CT molecular complexity index is 1090. The highest BCUT2D eigenvalue weighted by atomic mass is 32.2. The van der Waals surface area contributed by atoms with E-state index in [2.05, 4.69) is 10.6 Å². The van der Waals surface area contributed by atoms with Gasteiger partial charge >= 0.3 is 0 Å². The number of halogens is 1. The molecule has 2 amide bonds. The SMILES string of the molecule is N#Cc1cccc(NC(=O)CSc2ccccc2C(=O)NCc2ccc(F)cc2)c1. The third-order valence-corrected chi connectivity index (χ3v) is 5.21. The second-order valence-corrected chi connectivity index (χ2v) is 7.35. The number of hydrogen-bond acceptors (Lipinski definition) is 4. The van der Waals surface area contributed by atoms with E-state index in [1.165, 1.54) is 23.9 Å². The van der Waals surface area contributed by atoms with Gasteiger partial charge in [0.2, 0.25) is 5.91 Å². The van der Waals surface area contributed by atoms with Gasteiger partial charge in [-0.3, -0.25) is 9.59 Å². The highest BCUT2D eigenvalue weighted by Gasteiger charge is 2.13. The van der Waals surface area contributed by atoms with Crippen molar-refractivity contribution < 1.29 is 14.0 Å². The smallest absolute Gasteiger partial charge is 0.252 e. The van der Waals surface area contributed by atoms with Crippen LogP contribution in [0.3, 0.4) is 0 Å². The predicted octanol–water partition coefficient (Wildman–Crippen LogP) is 4.36. The van der Waals surface area contributed by atoms with Gasteiger partial charge in [-0.2, -0.15) is 5.26 Å². The molecule has 0 spiro atoms. The van der Waals surface area contributed by atoms with E-state index in [0.29, 0.717) is 21.7 Å². The average Bonchev–Trinajstić information content (AvgIpc) is 2.77. The molecule has 0 aliphatic rings. The third-order valence-electron chi connectivity index (χ3n) is 4.13. The highest BCUT2D eigenvalue weighted by molar-refractivity contribution is 8.00. The molecule has 30 heavy (non-hydrogen) atoms. The van der Waals surface area contributed by atoms with Crippen LogP contribution in [0, 0.1) is 17.1 Å². The number of carbonyl (C=O) groups excluding carboxylic acids is 2. The third kappa shape index (κ3) is 5.93. The molecule has 0 bridgehead atoms. The summed E-state index contributed by atoms with van der Waals surface area (Å²) in [6.07, 6.45) is 0. The van der Waals surface area contributed by atoms with Crippen LogP contribution in [0.4, 0.5) is 10.1 Å². The molecule has 0 aliphatic carbocycles. The normalized spacial score (nSPS) is 10.1. The van der Waals surface area contributed by atoms with Crippen molar-refractivity contribution >= 4 is 29.3 Å². The van der Waals surface area contributed by atoms with Crippen molar-refractivity contribution in [3.05, 3.63) is 95.3 Å². The lowest BCUT2D eigenvalue weighted by molar-refractivity contribution is -0.113. The number of hydrogen-bond donors (Lipinski definition) is 2. The van der Waals surface area contributed by atoms with Crippen LogP contribution in [0.1, 0.15) is 21.5 Å². The molecule has 2 N–H and O–H groups in total. The Morgan fingerprint density at radius 1 is 1.00 bits per heavy atom. The largest absolute Gasteiger partial charge is 0.348 e. The molecule has 0 saturated carbocycles. The van der Waals surface area contributed by atoms with Crippen LogP contribution >= 0.6 is 11.8 Å². The van der Waals surface area contributed by atoms with Crippen LogP contribution in [0.25, 0.3) is 0 Å². The second kappa shape index (κ2) is 10.2. The molecule has 7 heteroatoms. The maximum atomic E-state index is 13.0. The summed E-state index contributed by atoms with van der Waals surface area (Å²) in [7, 11) is 0. The summed E-state index contributed by atoms with van der Waals surface area (Å²) in [4.78, 5) is 25.5. The van der Waals surface area contributed by atoms with Gasteiger partial charge in [-0.1, -0.05) is 30.3 Å². The van der Waals surface area contributed by atoms with Crippen molar-refractivity contribution in [1.29, 1.82) is 5.26 Å². The van der Waals surface area contributed by atoms with Crippen molar-refractivity contribution in [1.82, 2.24) is 5.32 Å². The lowest BCUT2D eigenvalue weighted by Crippen LogP contribution is -2.23. The Morgan fingerprint density at radius 2 is 1.77 bits per heavy atom. The molecule has 150 valence electrons. The zero-order valence-electron chi connectivity index (χ0n) is 15.9. The number of benzene rings is 3. The Kier molecular flexibility index (Phi) is 7.19. The molecule has 0 unspecified atom stereocenters. The van der Waals surface area contributed by atoms with Gasteiger partial charge in [0.05, 0.1) is 22.9 Å². The lowest BCUT2D eigenvalue weighted by Gasteiger charge is -2.10. The Labute approximate surface area is 177 Å². The van der Waals surface area contributed by atoms with E-state index in [4.69, 9.17) is 5.26 Å². The number of nitriles is 1. The van der Waals surface area contributed by atoms with Gasteiger partial charge < -0.3 is 10.6 Å².